The number of methoxy groups -OCH3 is 1. The third-order valence-corrected chi connectivity index (χ3v) is 4.02. The summed E-state index contributed by atoms with van der Waals surface area (Å²) in [5, 5.41) is 9.48. The molecule has 0 N–H and O–H groups in total. The van der Waals surface area contributed by atoms with E-state index in [1.165, 1.54) is 0 Å². The van der Waals surface area contributed by atoms with Gasteiger partial charge in [0.05, 0.1) is 12.7 Å². The van der Waals surface area contributed by atoms with Crippen LogP contribution in [-0.4, -0.2) is 27.6 Å². The van der Waals surface area contributed by atoms with Crippen LogP contribution in [0.5, 0.6) is 5.75 Å². The quantitative estimate of drug-likeness (QED) is 0.576. The average molecular weight is 301 g/mol. The zero-order valence-electron chi connectivity index (χ0n) is 12.4. The van der Waals surface area contributed by atoms with Gasteiger partial charge in [-0.05, 0) is 19.1 Å². The Balaban J connectivity index is 2.43. The number of para-hydroxylation sites is 1. The van der Waals surface area contributed by atoms with Crippen LogP contribution < -0.4 is 4.74 Å². The number of thioether (sulfide) groups is 1. The first-order valence-corrected chi connectivity index (χ1v) is 7.60. The van der Waals surface area contributed by atoms with Crippen molar-refractivity contribution < 1.29 is 4.74 Å². The minimum absolute atomic E-state index is 0.652. The van der Waals surface area contributed by atoms with Crippen LogP contribution in [0.15, 0.2) is 54.2 Å². The summed E-state index contributed by atoms with van der Waals surface area (Å²) in [5.74, 6) is 2.39. The molecule has 0 radical (unpaired) electrons. The number of ether oxygens (including phenoxy) is 1. The normalized spacial score (nSPS) is 10.4. The Labute approximate surface area is 129 Å². The topological polar surface area (TPSA) is 39.9 Å². The predicted molar refractivity (Wildman–Crippen MR) is 87.7 cm³/mol. The fourth-order valence-corrected chi connectivity index (χ4v) is 2.70. The molecule has 0 aliphatic rings. The minimum atomic E-state index is 0.652. The average Bonchev–Trinajstić information content (AvgIpc) is 2.88. The van der Waals surface area contributed by atoms with E-state index in [9.17, 15) is 0 Å². The molecule has 5 heteroatoms. The van der Waals surface area contributed by atoms with Crippen LogP contribution in [-0.2, 0) is 6.54 Å². The van der Waals surface area contributed by atoms with Gasteiger partial charge >= 0.3 is 0 Å². The molecule has 0 saturated carbocycles. The molecule has 0 saturated heterocycles. The van der Waals surface area contributed by atoms with Crippen molar-refractivity contribution in [3.05, 3.63) is 49.1 Å². The van der Waals surface area contributed by atoms with Crippen LogP contribution in [0.25, 0.3) is 11.4 Å². The third kappa shape index (κ3) is 3.55. The molecule has 2 aromatic rings. The molecule has 1 aromatic heterocycles. The zero-order valence-corrected chi connectivity index (χ0v) is 13.2. The number of rotatable bonds is 7. The molecule has 0 aliphatic carbocycles. The standard InChI is InChI=1S/C16H19N3OS/c1-5-10-19-15(13-8-6-7-9-14(13)20-4)17-18-16(19)21-11-12(2)3/h5-9H,1-2,10-11H2,3-4H3. The van der Waals surface area contributed by atoms with Gasteiger partial charge < -0.3 is 4.74 Å². The van der Waals surface area contributed by atoms with Crippen molar-refractivity contribution in [2.75, 3.05) is 12.9 Å². The Morgan fingerprint density at radius 1 is 1.38 bits per heavy atom. The first kappa shape index (κ1) is 15.4. The number of allylic oxidation sites excluding steroid dienone is 1. The monoisotopic (exact) mass is 301 g/mol. The Kier molecular flexibility index (Phi) is 5.22. The fraction of sp³-hybridized carbons (Fsp3) is 0.250. The van der Waals surface area contributed by atoms with E-state index < -0.39 is 0 Å². The highest BCUT2D eigenvalue weighted by atomic mass is 32.2. The lowest BCUT2D eigenvalue weighted by Crippen LogP contribution is -2.02. The predicted octanol–water partition coefficient (Wildman–Crippen LogP) is 3.81. The van der Waals surface area contributed by atoms with Gasteiger partial charge in [0.1, 0.15) is 5.75 Å². The lowest BCUT2D eigenvalue weighted by molar-refractivity contribution is 0.416. The summed E-state index contributed by atoms with van der Waals surface area (Å²) in [6, 6.07) is 7.80. The molecule has 0 fully saturated rings. The van der Waals surface area contributed by atoms with Crippen molar-refractivity contribution in [3.8, 4) is 17.1 Å². The largest absolute Gasteiger partial charge is 0.496 e. The second-order valence-electron chi connectivity index (χ2n) is 4.65. The summed E-state index contributed by atoms with van der Waals surface area (Å²) < 4.78 is 7.45. The number of benzene rings is 1. The number of nitrogens with zero attached hydrogens (tertiary/aromatic N) is 3. The van der Waals surface area contributed by atoms with Gasteiger partial charge in [-0.2, -0.15) is 0 Å². The molecular formula is C16H19N3OS. The van der Waals surface area contributed by atoms with Crippen molar-refractivity contribution in [3.63, 3.8) is 0 Å². The van der Waals surface area contributed by atoms with E-state index in [-0.39, 0.29) is 0 Å². The maximum Gasteiger partial charge on any atom is 0.192 e. The maximum atomic E-state index is 5.41. The van der Waals surface area contributed by atoms with E-state index in [1.54, 1.807) is 18.9 Å². The van der Waals surface area contributed by atoms with E-state index >= 15 is 0 Å². The Bertz CT molecular complexity index is 649. The van der Waals surface area contributed by atoms with Gasteiger partial charge in [0, 0.05) is 12.3 Å². The van der Waals surface area contributed by atoms with Crippen LogP contribution in [0, 0.1) is 0 Å². The van der Waals surface area contributed by atoms with Crippen molar-refractivity contribution in [2.45, 2.75) is 18.6 Å². The van der Waals surface area contributed by atoms with Crippen LogP contribution in [0.4, 0.5) is 0 Å². The van der Waals surface area contributed by atoms with Crippen molar-refractivity contribution in [1.82, 2.24) is 14.8 Å². The molecule has 0 atom stereocenters. The smallest absolute Gasteiger partial charge is 0.192 e. The molecule has 1 aromatic carbocycles. The van der Waals surface area contributed by atoms with Gasteiger partial charge in [0.2, 0.25) is 0 Å². The molecule has 0 aliphatic heterocycles. The third-order valence-electron chi connectivity index (χ3n) is 2.82. The second-order valence-corrected chi connectivity index (χ2v) is 5.59. The Hall–Kier alpha value is -2.01. The SMILES string of the molecule is C=CCn1c(SCC(=C)C)nnc1-c1ccccc1OC. The van der Waals surface area contributed by atoms with Gasteiger partial charge in [-0.1, -0.05) is 42.1 Å². The molecule has 2 rings (SSSR count). The lowest BCUT2D eigenvalue weighted by Gasteiger charge is -2.10. The minimum Gasteiger partial charge on any atom is -0.496 e. The second kappa shape index (κ2) is 7.13. The Morgan fingerprint density at radius 2 is 2.14 bits per heavy atom. The summed E-state index contributed by atoms with van der Waals surface area (Å²) in [4.78, 5) is 0. The summed E-state index contributed by atoms with van der Waals surface area (Å²) in [7, 11) is 1.66. The van der Waals surface area contributed by atoms with Crippen LogP contribution >= 0.6 is 11.8 Å². The first-order valence-electron chi connectivity index (χ1n) is 6.62. The summed E-state index contributed by atoms with van der Waals surface area (Å²) in [6.07, 6.45) is 1.84. The van der Waals surface area contributed by atoms with Gasteiger partial charge in [-0.25, -0.2) is 0 Å². The molecular weight excluding hydrogens is 282 g/mol. The maximum absolute atomic E-state index is 5.41. The summed E-state index contributed by atoms with van der Waals surface area (Å²) in [5.41, 5.74) is 2.03. The lowest BCUT2D eigenvalue weighted by atomic mass is 10.2. The van der Waals surface area contributed by atoms with Crippen LogP contribution in [0.1, 0.15) is 6.92 Å². The van der Waals surface area contributed by atoms with Crippen molar-refractivity contribution >= 4 is 11.8 Å². The van der Waals surface area contributed by atoms with Gasteiger partial charge in [0.15, 0.2) is 11.0 Å². The number of aromatic nitrogens is 3. The molecule has 0 unspecified atom stereocenters. The van der Waals surface area contributed by atoms with Gasteiger partial charge in [-0.15, -0.1) is 16.8 Å². The van der Waals surface area contributed by atoms with Crippen molar-refractivity contribution in [2.24, 2.45) is 0 Å². The van der Waals surface area contributed by atoms with Crippen LogP contribution in [0.2, 0.25) is 0 Å². The van der Waals surface area contributed by atoms with E-state index in [1.807, 2.05) is 41.8 Å². The molecule has 0 amide bonds. The molecule has 0 bridgehead atoms. The molecule has 1 heterocycles. The molecule has 4 nitrogen and oxygen atoms in total. The van der Waals surface area contributed by atoms with E-state index in [2.05, 4.69) is 23.4 Å². The molecule has 21 heavy (non-hydrogen) atoms. The van der Waals surface area contributed by atoms with Gasteiger partial charge in [0.25, 0.3) is 0 Å². The fourth-order valence-electron chi connectivity index (χ4n) is 1.91. The summed E-state index contributed by atoms with van der Waals surface area (Å²) in [6.45, 7) is 10.4. The number of hydrogen-bond acceptors (Lipinski definition) is 4. The molecule has 0 spiro atoms. The van der Waals surface area contributed by atoms with E-state index in [0.717, 1.165) is 33.6 Å². The zero-order chi connectivity index (χ0) is 15.2. The van der Waals surface area contributed by atoms with Crippen LogP contribution in [0.3, 0.4) is 0 Å². The van der Waals surface area contributed by atoms with E-state index in [0.29, 0.717) is 6.54 Å². The Morgan fingerprint density at radius 3 is 2.81 bits per heavy atom. The highest BCUT2D eigenvalue weighted by Crippen LogP contribution is 2.31. The highest BCUT2D eigenvalue weighted by molar-refractivity contribution is 7.99. The highest BCUT2D eigenvalue weighted by Gasteiger charge is 2.16. The van der Waals surface area contributed by atoms with Crippen molar-refractivity contribution in [1.29, 1.82) is 0 Å². The van der Waals surface area contributed by atoms with Gasteiger partial charge in [-0.3, -0.25) is 4.57 Å². The summed E-state index contributed by atoms with van der Waals surface area (Å²) >= 11 is 1.63. The molecule has 110 valence electrons. The number of hydrogen-bond donors (Lipinski definition) is 0. The first-order chi connectivity index (χ1) is 10.2. The van der Waals surface area contributed by atoms with E-state index in [4.69, 9.17) is 4.74 Å².